The van der Waals surface area contributed by atoms with E-state index in [1.165, 1.54) is 11.1 Å². The molecule has 15 heavy (non-hydrogen) atoms. The molecule has 0 saturated heterocycles. The number of aryl methyl sites for hydroxylation is 2. The van der Waals surface area contributed by atoms with Crippen LogP contribution in [0.1, 0.15) is 30.5 Å². The summed E-state index contributed by atoms with van der Waals surface area (Å²) in [6, 6.07) is 6.14. The van der Waals surface area contributed by atoms with E-state index in [4.69, 9.17) is 5.11 Å². The molecule has 0 saturated carbocycles. The van der Waals surface area contributed by atoms with Gasteiger partial charge in [0.2, 0.25) is 0 Å². The highest BCUT2D eigenvalue weighted by molar-refractivity contribution is 5.74. The van der Waals surface area contributed by atoms with Gasteiger partial charge in [-0.1, -0.05) is 23.8 Å². The van der Waals surface area contributed by atoms with Crippen LogP contribution >= 0.6 is 0 Å². The zero-order valence-electron chi connectivity index (χ0n) is 9.79. The van der Waals surface area contributed by atoms with Gasteiger partial charge in [0.25, 0.3) is 0 Å². The van der Waals surface area contributed by atoms with E-state index in [-0.39, 0.29) is 0 Å². The van der Waals surface area contributed by atoms with Crippen molar-refractivity contribution in [2.45, 2.75) is 34.1 Å². The van der Waals surface area contributed by atoms with Crippen LogP contribution in [-0.4, -0.2) is 11.1 Å². The van der Waals surface area contributed by atoms with Gasteiger partial charge in [-0.15, -0.1) is 0 Å². The summed E-state index contributed by atoms with van der Waals surface area (Å²) in [6.07, 6.45) is 0.578. The van der Waals surface area contributed by atoms with E-state index in [9.17, 15) is 4.79 Å². The standard InChI is InChI=1S/C13H18O2/c1-9-5-6-11(10(2)7-9)8-13(3,4)12(14)15/h5-7H,8H2,1-4H3,(H,14,15). The van der Waals surface area contributed by atoms with Gasteiger partial charge >= 0.3 is 5.97 Å². The SMILES string of the molecule is Cc1ccc(CC(C)(C)C(=O)O)c(C)c1. The molecule has 2 nitrogen and oxygen atoms in total. The number of aliphatic carboxylic acids is 1. The summed E-state index contributed by atoms with van der Waals surface area (Å²) in [5.41, 5.74) is 2.81. The van der Waals surface area contributed by atoms with Crippen molar-refractivity contribution < 1.29 is 9.90 Å². The Morgan fingerprint density at radius 3 is 2.40 bits per heavy atom. The van der Waals surface area contributed by atoms with Crippen molar-refractivity contribution in [2.24, 2.45) is 5.41 Å². The second kappa shape index (κ2) is 4.05. The lowest BCUT2D eigenvalue weighted by Gasteiger charge is -2.20. The van der Waals surface area contributed by atoms with E-state index < -0.39 is 11.4 Å². The summed E-state index contributed by atoms with van der Waals surface area (Å²) in [5, 5.41) is 9.05. The summed E-state index contributed by atoms with van der Waals surface area (Å²) >= 11 is 0. The van der Waals surface area contributed by atoms with Crippen LogP contribution < -0.4 is 0 Å². The van der Waals surface area contributed by atoms with Crippen LogP contribution in [0, 0.1) is 19.3 Å². The monoisotopic (exact) mass is 206 g/mol. The Morgan fingerprint density at radius 1 is 1.33 bits per heavy atom. The maximum atomic E-state index is 11.0. The molecule has 2 heteroatoms. The lowest BCUT2D eigenvalue weighted by atomic mass is 9.84. The first-order chi connectivity index (χ1) is 6.83. The van der Waals surface area contributed by atoms with Crippen LogP contribution in [0.3, 0.4) is 0 Å². The molecule has 1 aromatic rings. The molecule has 0 atom stereocenters. The topological polar surface area (TPSA) is 37.3 Å². The van der Waals surface area contributed by atoms with Crippen LogP contribution in [0.4, 0.5) is 0 Å². The fourth-order valence-corrected chi connectivity index (χ4v) is 1.60. The predicted octanol–water partition coefficient (Wildman–Crippen LogP) is 2.96. The number of carbonyl (C=O) groups is 1. The van der Waals surface area contributed by atoms with Gasteiger partial charge in [-0.3, -0.25) is 4.79 Å². The minimum Gasteiger partial charge on any atom is -0.481 e. The largest absolute Gasteiger partial charge is 0.481 e. The van der Waals surface area contributed by atoms with Gasteiger partial charge in [0.15, 0.2) is 0 Å². The molecule has 0 aliphatic carbocycles. The first kappa shape index (κ1) is 11.8. The summed E-state index contributed by atoms with van der Waals surface area (Å²) in [4.78, 5) is 11.0. The van der Waals surface area contributed by atoms with Gasteiger partial charge in [-0.05, 0) is 45.2 Å². The van der Waals surface area contributed by atoms with Gasteiger partial charge in [0, 0.05) is 0 Å². The van der Waals surface area contributed by atoms with E-state index in [2.05, 4.69) is 6.07 Å². The zero-order valence-corrected chi connectivity index (χ0v) is 9.79. The average Bonchev–Trinajstić information content (AvgIpc) is 2.09. The molecular formula is C13H18O2. The number of hydrogen-bond donors (Lipinski definition) is 1. The normalized spacial score (nSPS) is 11.5. The highest BCUT2D eigenvalue weighted by Gasteiger charge is 2.27. The second-order valence-electron chi connectivity index (χ2n) is 4.80. The Labute approximate surface area is 90.9 Å². The van der Waals surface area contributed by atoms with E-state index >= 15 is 0 Å². The third-order valence-corrected chi connectivity index (χ3v) is 2.71. The maximum Gasteiger partial charge on any atom is 0.309 e. The molecule has 0 aliphatic rings. The number of carboxylic acids is 1. The van der Waals surface area contributed by atoms with E-state index in [1.807, 2.05) is 26.0 Å². The van der Waals surface area contributed by atoms with Crippen LogP contribution in [0.25, 0.3) is 0 Å². The van der Waals surface area contributed by atoms with Gasteiger partial charge in [-0.25, -0.2) is 0 Å². The Morgan fingerprint density at radius 2 is 1.93 bits per heavy atom. The third-order valence-electron chi connectivity index (χ3n) is 2.71. The van der Waals surface area contributed by atoms with Crippen molar-refractivity contribution in [1.29, 1.82) is 0 Å². The van der Waals surface area contributed by atoms with Gasteiger partial charge < -0.3 is 5.11 Å². The van der Waals surface area contributed by atoms with E-state index in [0.717, 1.165) is 5.56 Å². The van der Waals surface area contributed by atoms with Gasteiger partial charge in [0.05, 0.1) is 5.41 Å². The summed E-state index contributed by atoms with van der Waals surface area (Å²) in [7, 11) is 0. The van der Waals surface area contributed by atoms with Crippen molar-refractivity contribution in [1.82, 2.24) is 0 Å². The second-order valence-corrected chi connectivity index (χ2v) is 4.80. The highest BCUT2D eigenvalue weighted by Crippen LogP contribution is 2.24. The number of rotatable bonds is 3. The molecule has 0 spiro atoms. The van der Waals surface area contributed by atoms with Crippen molar-refractivity contribution in [2.75, 3.05) is 0 Å². The van der Waals surface area contributed by atoms with Crippen LogP contribution in [0.2, 0.25) is 0 Å². The van der Waals surface area contributed by atoms with Crippen molar-refractivity contribution in [3.05, 3.63) is 34.9 Å². The molecule has 1 rings (SSSR count). The van der Waals surface area contributed by atoms with E-state index in [1.54, 1.807) is 13.8 Å². The quantitative estimate of drug-likeness (QED) is 0.825. The van der Waals surface area contributed by atoms with Gasteiger partial charge in [0.1, 0.15) is 0 Å². The smallest absolute Gasteiger partial charge is 0.309 e. The molecule has 82 valence electrons. The molecule has 1 aromatic carbocycles. The lowest BCUT2D eigenvalue weighted by molar-refractivity contribution is -0.146. The molecule has 0 aliphatic heterocycles. The van der Waals surface area contributed by atoms with Crippen molar-refractivity contribution >= 4 is 5.97 Å². The zero-order chi connectivity index (χ0) is 11.6. The van der Waals surface area contributed by atoms with Crippen molar-refractivity contribution in [3.63, 3.8) is 0 Å². The van der Waals surface area contributed by atoms with Crippen LogP contribution in [0.5, 0.6) is 0 Å². The first-order valence-electron chi connectivity index (χ1n) is 5.12. The molecule has 0 radical (unpaired) electrons. The fraction of sp³-hybridized carbons (Fsp3) is 0.462. The molecule has 0 heterocycles. The summed E-state index contributed by atoms with van der Waals surface area (Å²) in [6.45, 7) is 7.59. The fourth-order valence-electron chi connectivity index (χ4n) is 1.60. The van der Waals surface area contributed by atoms with Crippen LogP contribution in [0.15, 0.2) is 18.2 Å². The highest BCUT2D eigenvalue weighted by atomic mass is 16.4. The van der Waals surface area contributed by atoms with Crippen molar-refractivity contribution in [3.8, 4) is 0 Å². The molecule has 0 amide bonds. The van der Waals surface area contributed by atoms with Gasteiger partial charge in [-0.2, -0.15) is 0 Å². The molecule has 1 N–H and O–H groups in total. The molecule has 0 bridgehead atoms. The molecule has 0 aromatic heterocycles. The molecule has 0 unspecified atom stereocenters. The van der Waals surface area contributed by atoms with Crippen LogP contribution in [-0.2, 0) is 11.2 Å². The van der Waals surface area contributed by atoms with E-state index in [0.29, 0.717) is 6.42 Å². The lowest BCUT2D eigenvalue weighted by Crippen LogP contribution is -2.26. The number of carboxylic acid groups (broad SMARTS) is 1. The Kier molecular flexibility index (Phi) is 3.18. The third kappa shape index (κ3) is 2.82. The summed E-state index contributed by atoms with van der Waals surface area (Å²) in [5.74, 6) is -0.748. The Hall–Kier alpha value is -1.31. The minimum absolute atomic E-state index is 0.578. The number of hydrogen-bond acceptors (Lipinski definition) is 1. The average molecular weight is 206 g/mol. The molecule has 0 fully saturated rings. The maximum absolute atomic E-state index is 11.0. The first-order valence-corrected chi connectivity index (χ1v) is 5.12. The predicted molar refractivity (Wildman–Crippen MR) is 61.0 cm³/mol. The molecular weight excluding hydrogens is 188 g/mol. The summed E-state index contributed by atoms with van der Waals surface area (Å²) < 4.78 is 0. The number of benzene rings is 1. The Balaban J connectivity index is 2.95. The minimum atomic E-state index is -0.748. The Bertz CT molecular complexity index is 378.